The second kappa shape index (κ2) is 12.7. The molecule has 0 amide bonds. The van der Waals surface area contributed by atoms with Gasteiger partial charge >= 0.3 is 0 Å². The molecule has 0 rings (SSSR count). The Hall–Kier alpha value is -3.07. The Balaban J connectivity index is 6.07. The van der Waals surface area contributed by atoms with Crippen molar-refractivity contribution in [3.05, 3.63) is 98.6 Å². The maximum Gasteiger partial charge on any atom is 0.0894 e. The summed E-state index contributed by atoms with van der Waals surface area (Å²) in [6.45, 7) is 20.3. The van der Waals surface area contributed by atoms with Crippen LogP contribution in [0.3, 0.4) is 0 Å². The average Bonchev–Trinajstić information content (AvgIpc) is 2.57. The number of nitrogens with zero attached hydrogens (tertiary/aromatic N) is 3. The Kier molecular flexibility index (Phi) is 11.0. The van der Waals surface area contributed by atoms with E-state index in [2.05, 4.69) is 47.9 Å². The van der Waals surface area contributed by atoms with E-state index in [1.54, 1.807) is 55.0 Å². The van der Waals surface area contributed by atoms with Gasteiger partial charge in [0.15, 0.2) is 0 Å². The Morgan fingerprint density at radius 3 is 1.65 bits per heavy atom. The second-order valence-corrected chi connectivity index (χ2v) is 3.98. The monoisotopic (exact) mass is 305 g/mol. The first-order valence-corrected chi connectivity index (χ1v) is 7.02. The SMILES string of the molecule is C=C\C=N/C(=C\C=C)C(=C/C=C)/N=C(C=C)\C(=C\C)\N=C/C=C. The van der Waals surface area contributed by atoms with E-state index in [9.17, 15) is 0 Å². The first-order valence-electron chi connectivity index (χ1n) is 7.02. The predicted molar refractivity (Wildman–Crippen MR) is 105 cm³/mol. The Labute approximate surface area is 139 Å². The minimum Gasteiger partial charge on any atom is -0.255 e. The van der Waals surface area contributed by atoms with Gasteiger partial charge in [0.25, 0.3) is 0 Å². The van der Waals surface area contributed by atoms with Gasteiger partial charge in [-0.3, -0.25) is 9.98 Å². The normalized spacial score (nSPS) is 14.1. The summed E-state index contributed by atoms with van der Waals surface area (Å²) in [5.74, 6) is 0. The van der Waals surface area contributed by atoms with Gasteiger partial charge in [-0.1, -0.05) is 63.3 Å². The Bertz CT molecular complexity index is 636. The molecule has 0 aromatic rings. The van der Waals surface area contributed by atoms with Crippen LogP contribution in [0.2, 0.25) is 0 Å². The van der Waals surface area contributed by atoms with Crippen molar-refractivity contribution in [2.45, 2.75) is 6.92 Å². The zero-order valence-corrected chi connectivity index (χ0v) is 13.7. The van der Waals surface area contributed by atoms with E-state index in [-0.39, 0.29) is 0 Å². The molecule has 3 heteroatoms. The molecule has 0 saturated carbocycles. The van der Waals surface area contributed by atoms with E-state index in [1.807, 2.05) is 13.0 Å². The first kappa shape index (κ1) is 19.9. The molecule has 0 radical (unpaired) electrons. The minimum atomic E-state index is 0.612. The standard InChI is InChI=1S/C20H23N3/c1-7-13-19(22-16-10-4)20(14-8-2)23-18(12-6)17(11-5)21-15-9-3/h7-16H,1-4,6H2,5H3/b17-11-,19-13-,20-14-,21-15-,22-16-,23-18-. The molecule has 0 aliphatic heterocycles. The second-order valence-electron chi connectivity index (χ2n) is 3.98. The molecule has 23 heavy (non-hydrogen) atoms. The van der Waals surface area contributed by atoms with Crippen LogP contribution in [0.25, 0.3) is 0 Å². The molecule has 3 nitrogen and oxygen atoms in total. The number of rotatable bonds is 10. The third-order valence-corrected chi connectivity index (χ3v) is 2.42. The third-order valence-electron chi connectivity index (χ3n) is 2.42. The Morgan fingerprint density at radius 2 is 1.22 bits per heavy atom. The van der Waals surface area contributed by atoms with Crippen molar-refractivity contribution in [2.24, 2.45) is 15.0 Å². The summed E-state index contributed by atoms with van der Waals surface area (Å²) in [7, 11) is 0. The van der Waals surface area contributed by atoms with E-state index < -0.39 is 0 Å². The van der Waals surface area contributed by atoms with Crippen LogP contribution in [-0.2, 0) is 0 Å². The van der Waals surface area contributed by atoms with Gasteiger partial charge in [0.2, 0.25) is 0 Å². The molecule has 0 fully saturated rings. The number of hydrogen-bond donors (Lipinski definition) is 0. The Morgan fingerprint density at radius 1 is 0.696 bits per heavy atom. The molecule has 0 bridgehead atoms. The summed E-state index contributed by atoms with van der Waals surface area (Å²) in [5.41, 5.74) is 2.53. The highest BCUT2D eigenvalue weighted by Gasteiger charge is 2.05. The van der Waals surface area contributed by atoms with Gasteiger partial charge in [0.05, 0.1) is 22.8 Å². The molecule has 0 aromatic heterocycles. The number of aliphatic imine (C=N–C) groups is 3. The minimum absolute atomic E-state index is 0.612. The molecular weight excluding hydrogens is 282 g/mol. The highest BCUT2D eigenvalue weighted by atomic mass is 14.9. The quantitative estimate of drug-likeness (QED) is 0.394. The molecule has 0 saturated heterocycles. The maximum atomic E-state index is 4.59. The smallest absolute Gasteiger partial charge is 0.0894 e. The summed E-state index contributed by atoms with van der Waals surface area (Å²) >= 11 is 0. The van der Waals surface area contributed by atoms with Crippen molar-refractivity contribution in [1.29, 1.82) is 0 Å². The number of allylic oxidation sites excluding steroid dienone is 8. The molecular formula is C20H23N3. The summed E-state index contributed by atoms with van der Waals surface area (Å²) < 4.78 is 0. The molecule has 118 valence electrons. The fourth-order valence-corrected chi connectivity index (χ4v) is 1.49. The van der Waals surface area contributed by atoms with E-state index in [0.717, 1.165) is 0 Å². The van der Waals surface area contributed by atoms with Crippen LogP contribution in [0.5, 0.6) is 0 Å². The molecule has 0 aliphatic rings. The first-order chi connectivity index (χ1) is 11.2. The fourth-order valence-electron chi connectivity index (χ4n) is 1.49. The zero-order valence-electron chi connectivity index (χ0n) is 13.7. The van der Waals surface area contributed by atoms with Crippen LogP contribution >= 0.6 is 0 Å². The fraction of sp³-hybridized carbons (Fsp3) is 0.0500. The van der Waals surface area contributed by atoms with E-state index in [4.69, 9.17) is 0 Å². The van der Waals surface area contributed by atoms with Crippen molar-refractivity contribution in [3.8, 4) is 0 Å². The molecule has 0 atom stereocenters. The topological polar surface area (TPSA) is 37.1 Å². The lowest BCUT2D eigenvalue weighted by Gasteiger charge is -2.06. The largest absolute Gasteiger partial charge is 0.255 e. The summed E-state index contributed by atoms with van der Waals surface area (Å²) in [6.07, 6.45) is 16.6. The predicted octanol–water partition coefficient (Wildman–Crippen LogP) is 5.17. The summed E-state index contributed by atoms with van der Waals surface area (Å²) in [5, 5.41) is 0. The van der Waals surface area contributed by atoms with Crippen molar-refractivity contribution in [3.63, 3.8) is 0 Å². The van der Waals surface area contributed by atoms with Crippen LogP contribution in [0.4, 0.5) is 0 Å². The third kappa shape index (κ3) is 7.48. The van der Waals surface area contributed by atoms with Crippen molar-refractivity contribution in [2.75, 3.05) is 0 Å². The lowest BCUT2D eigenvalue weighted by atomic mass is 10.2. The van der Waals surface area contributed by atoms with Crippen LogP contribution < -0.4 is 0 Å². The van der Waals surface area contributed by atoms with Gasteiger partial charge in [0.1, 0.15) is 0 Å². The molecule has 0 unspecified atom stereocenters. The van der Waals surface area contributed by atoms with Gasteiger partial charge in [-0.25, -0.2) is 4.99 Å². The molecule has 0 heterocycles. The highest BCUT2D eigenvalue weighted by Crippen LogP contribution is 2.16. The molecule has 0 N–H and O–H groups in total. The van der Waals surface area contributed by atoms with E-state index in [1.165, 1.54) is 0 Å². The molecule has 0 aliphatic carbocycles. The maximum absolute atomic E-state index is 4.59. The van der Waals surface area contributed by atoms with Crippen molar-refractivity contribution < 1.29 is 0 Å². The zero-order chi connectivity index (χ0) is 17.5. The lowest BCUT2D eigenvalue weighted by molar-refractivity contribution is 1.24. The van der Waals surface area contributed by atoms with Crippen molar-refractivity contribution in [1.82, 2.24) is 0 Å². The average molecular weight is 305 g/mol. The van der Waals surface area contributed by atoms with Crippen LogP contribution in [0.15, 0.2) is 114 Å². The summed E-state index contributed by atoms with van der Waals surface area (Å²) in [6, 6.07) is 0. The van der Waals surface area contributed by atoms with Gasteiger partial charge in [-0.15, -0.1) is 0 Å². The molecule has 0 spiro atoms. The van der Waals surface area contributed by atoms with Gasteiger partial charge in [0, 0.05) is 12.4 Å². The van der Waals surface area contributed by atoms with Gasteiger partial charge in [-0.05, 0) is 25.2 Å². The van der Waals surface area contributed by atoms with Crippen LogP contribution in [0, 0.1) is 0 Å². The summed E-state index contributed by atoms with van der Waals surface area (Å²) in [4.78, 5) is 13.2. The lowest BCUT2D eigenvalue weighted by Crippen LogP contribution is -1.99. The van der Waals surface area contributed by atoms with E-state index >= 15 is 0 Å². The van der Waals surface area contributed by atoms with Crippen LogP contribution in [0.1, 0.15) is 6.92 Å². The van der Waals surface area contributed by atoms with E-state index in [0.29, 0.717) is 22.8 Å². The molecule has 0 aromatic carbocycles. The van der Waals surface area contributed by atoms with Gasteiger partial charge in [-0.2, -0.15) is 0 Å². The highest BCUT2D eigenvalue weighted by molar-refractivity contribution is 6.09. The van der Waals surface area contributed by atoms with Gasteiger partial charge < -0.3 is 0 Å². The van der Waals surface area contributed by atoms with Crippen molar-refractivity contribution >= 4 is 18.1 Å². The number of hydrogen-bond acceptors (Lipinski definition) is 3. The van der Waals surface area contributed by atoms with Crippen LogP contribution in [-0.4, -0.2) is 18.1 Å².